The molecule has 0 aromatic rings. The van der Waals surface area contributed by atoms with Gasteiger partial charge in [-0.1, -0.05) is 76.0 Å². The second-order valence-electron chi connectivity index (χ2n) is 10.7. The summed E-state index contributed by atoms with van der Waals surface area (Å²) >= 11 is 0. The first-order valence-electron chi connectivity index (χ1n) is 11.0. The summed E-state index contributed by atoms with van der Waals surface area (Å²) in [6, 6.07) is 0.710. The Morgan fingerprint density at radius 3 is 2.56 bits per heavy atom. The normalized spacial score (nSPS) is 39.8. The van der Waals surface area contributed by atoms with Crippen molar-refractivity contribution >= 4 is 8.07 Å². The van der Waals surface area contributed by atoms with Crippen molar-refractivity contribution in [2.75, 3.05) is 13.1 Å². The summed E-state index contributed by atoms with van der Waals surface area (Å²) in [5.74, 6) is 3.59. The molecule has 4 aliphatic rings. The first-order valence-corrected chi connectivity index (χ1v) is 14.6. The van der Waals surface area contributed by atoms with Gasteiger partial charge in [0.15, 0.2) is 0 Å². The molecule has 2 heteroatoms. The Morgan fingerprint density at radius 1 is 1.08 bits per heavy atom. The zero-order chi connectivity index (χ0) is 17.6. The van der Waals surface area contributed by atoms with E-state index in [2.05, 4.69) is 49.7 Å². The molecule has 140 valence electrons. The van der Waals surface area contributed by atoms with Gasteiger partial charge >= 0.3 is 0 Å². The van der Waals surface area contributed by atoms with Crippen molar-refractivity contribution in [3.05, 3.63) is 23.8 Å². The maximum Gasteiger partial charge on any atom is 0.0533 e. The zero-order valence-electron chi connectivity index (χ0n) is 17.0. The van der Waals surface area contributed by atoms with Gasteiger partial charge in [0.1, 0.15) is 0 Å². The summed E-state index contributed by atoms with van der Waals surface area (Å²) < 4.78 is 0. The van der Waals surface area contributed by atoms with Gasteiger partial charge < -0.3 is 0 Å². The highest BCUT2D eigenvalue weighted by molar-refractivity contribution is 6.78. The lowest BCUT2D eigenvalue weighted by Crippen LogP contribution is -2.56. The first-order chi connectivity index (χ1) is 11.9. The topological polar surface area (TPSA) is 3.24 Å². The number of piperidine rings is 1. The van der Waals surface area contributed by atoms with E-state index in [0.717, 1.165) is 29.2 Å². The Labute approximate surface area is 157 Å². The van der Waals surface area contributed by atoms with Gasteiger partial charge in [-0.3, -0.25) is 4.90 Å². The second-order valence-corrected chi connectivity index (χ2v) is 16.1. The molecule has 0 amide bonds. The van der Waals surface area contributed by atoms with E-state index in [1.54, 1.807) is 0 Å². The fourth-order valence-corrected chi connectivity index (χ4v) is 8.58. The van der Waals surface area contributed by atoms with E-state index in [4.69, 9.17) is 0 Å². The van der Waals surface area contributed by atoms with Crippen LogP contribution < -0.4 is 0 Å². The predicted molar refractivity (Wildman–Crippen MR) is 112 cm³/mol. The predicted octanol–water partition coefficient (Wildman–Crippen LogP) is 6.12. The van der Waals surface area contributed by atoms with E-state index in [0.29, 0.717) is 6.04 Å². The van der Waals surface area contributed by atoms with Crippen molar-refractivity contribution in [2.45, 2.75) is 83.1 Å². The summed E-state index contributed by atoms with van der Waals surface area (Å²) in [6.45, 7) is 13.0. The molecule has 5 atom stereocenters. The SMILES string of the molecule is CC1CN2CC([Si](C)(C)C)C(CC3CCCC3)=CC2C2C=CCCC12. The van der Waals surface area contributed by atoms with Crippen LogP contribution >= 0.6 is 0 Å². The molecule has 25 heavy (non-hydrogen) atoms. The van der Waals surface area contributed by atoms with Gasteiger partial charge in [0.25, 0.3) is 0 Å². The van der Waals surface area contributed by atoms with E-state index < -0.39 is 8.07 Å². The molecule has 0 aromatic carbocycles. The van der Waals surface area contributed by atoms with Gasteiger partial charge in [-0.25, -0.2) is 0 Å². The van der Waals surface area contributed by atoms with Gasteiger partial charge in [0, 0.05) is 19.1 Å². The van der Waals surface area contributed by atoms with Gasteiger partial charge in [0.2, 0.25) is 0 Å². The van der Waals surface area contributed by atoms with Crippen molar-refractivity contribution < 1.29 is 0 Å². The molecule has 0 spiro atoms. The number of hydrogen-bond donors (Lipinski definition) is 0. The van der Waals surface area contributed by atoms with Crippen LogP contribution in [0.2, 0.25) is 25.2 Å². The average molecular weight is 358 g/mol. The second kappa shape index (κ2) is 7.00. The average Bonchev–Trinajstić information content (AvgIpc) is 3.07. The third kappa shape index (κ3) is 3.58. The minimum absolute atomic E-state index is 0.710. The molecular formula is C23H39NSi. The maximum atomic E-state index is 2.89. The molecule has 4 rings (SSSR count). The number of nitrogens with zero attached hydrogens (tertiary/aromatic N) is 1. The lowest BCUT2D eigenvalue weighted by molar-refractivity contribution is 0.0410. The van der Waals surface area contributed by atoms with E-state index in [1.165, 1.54) is 58.0 Å². The van der Waals surface area contributed by atoms with E-state index in [-0.39, 0.29) is 0 Å². The zero-order valence-corrected chi connectivity index (χ0v) is 18.0. The molecule has 0 aromatic heterocycles. The molecule has 5 unspecified atom stereocenters. The molecule has 2 aliphatic heterocycles. The monoisotopic (exact) mass is 357 g/mol. The molecular weight excluding hydrogens is 318 g/mol. The van der Waals surface area contributed by atoms with Crippen LogP contribution in [-0.4, -0.2) is 32.1 Å². The summed E-state index contributed by atoms with van der Waals surface area (Å²) in [5, 5.41) is 0. The number of allylic oxidation sites excluding steroid dienone is 1. The molecule has 2 fully saturated rings. The molecule has 0 bridgehead atoms. The maximum absolute atomic E-state index is 2.89. The largest absolute Gasteiger partial charge is 0.296 e. The minimum atomic E-state index is -1.16. The molecule has 0 N–H and O–H groups in total. The van der Waals surface area contributed by atoms with Crippen molar-refractivity contribution in [3.63, 3.8) is 0 Å². The highest BCUT2D eigenvalue weighted by Crippen LogP contribution is 2.47. The van der Waals surface area contributed by atoms with Crippen LogP contribution in [0.4, 0.5) is 0 Å². The minimum Gasteiger partial charge on any atom is -0.296 e. The van der Waals surface area contributed by atoms with Gasteiger partial charge in [-0.05, 0) is 48.5 Å². The summed E-state index contributed by atoms with van der Waals surface area (Å²) in [6.07, 6.45) is 18.0. The van der Waals surface area contributed by atoms with E-state index >= 15 is 0 Å². The van der Waals surface area contributed by atoms with Crippen molar-refractivity contribution in [1.29, 1.82) is 0 Å². The molecule has 2 heterocycles. The molecule has 2 aliphatic carbocycles. The Morgan fingerprint density at radius 2 is 1.84 bits per heavy atom. The van der Waals surface area contributed by atoms with Crippen molar-refractivity contribution in [2.24, 2.45) is 23.7 Å². The van der Waals surface area contributed by atoms with Crippen LogP contribution in [0, 0.1) is 23.7 Å². The number of rotatable bonds is 3. The van der Waals surface area contributed by atoms with E-state index in [9.17, 15) is 0 Å². The van der Waals surface area contributed by atoms with Crippen LogP contribution in [0.5, 0.6) is 0 Å². The lowest BCUT2D eigenvalue weighted by Gasteiger charge is -2.53. The molecule has 1 nitrogen and oxygen atoms in total. The van der Waals surface area contributed by atoms with Crippen LogP contribution in [0.3, 0.4) is 0 Å². The van der Waals surface area contributed by atoms with Crippen LogP contribution in [0.1, 0.15) is 51.9 Å². The Kier molecular flexibility index (Phi) is 5.05. The van der Waals surface area contributed by atoms with E-state index in [1.807, 2.05) is 5.57 Å². The standard InChI is InChI=1S/C23H39NSi/c1-17-15-24-16-23(25(2,3)4)19(13-18-9-5-6-10-18)14-22(24)21-12-8-7-11-20(17)21/h8,12,14,17-18,20-23H,5-7,9-11,13,15-16H2,1-4H3. The Bertz CT molecular complexity index is 537. The number of hydrogen-bond acceptors (Lipinski definition) is 1. The quantitative estimate of drug-likeness (QED) is 0.434. The fourth-order valence-electron chi connectivity index (χ4n) is 6.47. The third-order valence-electron chi connectivity index (χ3n) is 7.88. The smallest absolute Gasteiger partial charge is 0.0533 e. The van der Waals surface area contributed by atoms with Crippen molar-refractivity contribution in [3.8, 4) is 0 Å². The van der Waals surface area contributed by atoms with Crippen LogP contribution in [-0.2, 0) is 0 Å². The summed E-state index contributed by atoms with van der Waals surface area (Å²) in [7, 11) is -1.16. The Hall–Kier alpha value is -0.343. The van der Waals surface area contributed by atoms with Gasteiger partial charge in [-0.2, -0.15) is 0 Å². The summed E-state index contributed by atoms with van der Waals surface area (Å²) in [5.41, 5.74) is 2.78. The lowest BCUT2D eigenvalue weighted by atomic mass is 9.68. The summed E-state index contributed by atoms with van der Waals surface area (Å²) in [4.78, 5) is 2.89. The molecule has 1 saturated carbocycles. The van der Waals surface area contributed by atoms with Crippen LogP contribution in [0.25, 0.3) is 0 Å². The van der Waals surface area contributed by atoms with Crippen molar-refractivity contribution in [1.82, 2.24) is 4.90 Å². The Balaban J connectivity index is 1.64. The first kappa shape index (κ1) is 18.0. The number of fused-ring (bicyclic) bond motifs is 3. The van der Waals surface area contributed by atoms with Gasteiger partial charge in [0.05, 0.1) is 8.07 Å². The highest BCUT2D eigenvalue weighted by Gasteiger charge is 2.45. The highest BCUT2D eigenvalue weighted by atomic mass is 28.3. The fraction of sp³-hybridized carbons (Fsp3) is 0.826. The molecule has 0 radical (unpaired) electrons. The third-order valence-corrected chi connectivity index (χ3v) is 10.5. The molecule has 1 saturated heterocycles. The van der Waals surface area contributed by atoms with Gasteiger partial charge in [-0.15, -0.1) is 0 Å². The van der Waals surface area contributed by atoms with Crippen LogP contribution in [0.15, 0.2) is 23.8 Å².